The quantitative estimate of drug-likeness (QED) is 0.419. The van der Waals surface area contributed by atoms with Crippen molar-refractivity contribution in [1.29, 1.82) is 0 Å². The normalized spacial score (nSPS) is 18.4. The minimum Gasteiger partial charge on any atom is -0.449 e. The minimum absolute atomic E-state index is 0.106. The number of carbonyl (C=O) groups excluding carboxylic acids is 1. The van der Waals surface area contributed by atoms with Crippen molar-refractivity contribution in [2.75, 3.05) is 68.0 Å². The predicted molar refractivity (Wildman–Crippen MR) is 134 cm³/mol. The van der Waals surface area contributed by atoms with Gasteiger partial charge < -0.3 is 30.5 Å². The minimum atomic E-state index is -2.70. The van der Waals surface area contributed by atoms with Gasteiger partial charge in [0, 0.05) is 63.4 Å². The summed E-state index contributed by atoms with van der Waals surface area (Å²) in [7, 11) is 0. The second-order valence-corrected chi connectivity index (χ2v) is 9.44. The summed E-state index contributed by atoms with van der Waals surface area (Å²) >= 11 is 0. The third kappa shape index (κ3) is 5.95. The first-order valence-corrected chi connectivity index (χ1v) is 12.8. The molecule has 3 fully saturated rings. The lowest BCUT2D eigenvalue weighted by atomic mass is 10.1. The molecule has 1 saturated carbocycles. The first-order valence-electron chi connectivity index (χ1n) is 12.8. The number of carbonyl (C=O) groups is 1. The highest BCUT2D eigenvalue weighted by Crippen LogP contribution is 2.45. The molecule has 0 atom stereocenters. The largest absolute Gasteiger partial charge is 0.449 e. The summed E-state index contributed by atoms with van der Waals surface area (Å²) in [5, 5.41) is 9.67. The lowest BCUT2D eigenvalue weighted by Crippen LogP contribution is -2.43. The van der Waals surface area contributed by atoms with Gasteiger partial charge in [0.25, 0.3) is 6.43 Å². The number of cyclic esters (lactones) is 1. The molecule has 1 aromatic heterocycles. The van der Waals surface area contributed by atoms with E-state index in [1.807, 2.05) is 6.07 Å². The number of aromatic nitrogens is 2. The van der Waals surface area contributed by atoms with Gasteiger partial charge in [0.15, 0.2) is 0 Å². The van der Waals surface area contributed by atoms with Crippen molar-refractivity contribution < 1.29 is 18.3 Å². The van der Waals surface area contributed by atoms with E-state index in [1.54, 1.807) is 4.90 Å². The third-order valence-corrected chi connectivity index (χ3v) is 6.79. The van der Waals surface area contributed by atoms with Crippen molar-refractivity contribution in [2.24, 2.45) is 0 Å². The molecular formula is C25H33F2N7O2. The molecular weight excluding hydrogens is 468 g/mol. The number of rotatable bonds is 10. The average Bonchev–Trinajstić information content (AvgIpc) is 3.74. The van der Waals surface area contributed by atoms with Crippen LogP contribution in [0.5, 0.6) is 0 Å². The fourth-order valence-corrected chi connectivity index (χ4v) is 4.67. The zero-order chi connectivity index (χ0) is 24.9. The summed E-state index contributed by atoms with van der Waals surface area (Å²) in [5.74, 6) is 0.877. The molecule has 11 heteroatoms. The van der Waals surface area contributed by atoms with Crippen LogP contribution >= 0.6 is 0 Å². The maximum absolute atomic E-state index is 13.6. The molecule has 194 valence electrons. The Morgan fingerprint density at radius 3 is 2.78 bits per heavy atom. The number of halogens is 2. The summed E-state index contributed by atoms with van der Waals surface area (Å²) in [6, 6.07) is 6.38. The van der Waals surface area contributed by atoms with E-state index in [-0.39, 0.29) is 23.4 Å². The molecule has 3 aliphatic rings. The number of piperazine rings is 1. The van der Waals surface area contributed by atoms with Crippen molar-refractivity contribution in [3.8, 4) is 0 Å². The van der Waals surface area contributed by atoms with E-state index < -0.39 is 6.43 Å². The van der Waals surface area contributed by atoms with Gasteiger partial charge in [-0.05, 0) is 55.4 Å². The molecule has 2 aromatic rings. The Balaban J connectivity index is 1.27. The van der Waals surface area contributed by atoms with Crippen molar-refractivity contribution in [2.45, 2.75) is 38.0 Å². The maximum atomic E-state index is 13.6. The molecule has 0 unspecified atom stereocenters. The van der Waals surface area contributed by atoms with Gasteiger partial charge in [-0.1, -0.05) is 0 Å². The maximum Gasteiger partial charge on any atom is 0.409 e. The van der Waals surface area contributed by atoms with E-state index in [0.717, 1.165) is 51.1 Å². The summed E-state index contributed by atoms with van der Waals surface area (Å²) < 4.78 is 32.3. The molecule has 5 rings (SSSR count). The zero-order valence-corrected chi connectivity index (χ0v) is 20.3. The Bertz CT molecular complexity index is 1060. The molecule has 2 saturated heterocycles. The highest BCUT2D eigenvalue weighted by atomic mass is 19.3. The van der Waals surface area contributed by atoms with Crippen LogP contribution < -0.4 is 20.9 Å². The van der Waals surface area contributed by atoms with Gasteiger partial charge in [-0.2, -0.15) is 4.98 Å². The lowest BCUT2D eigenvalue weighted by molar-refractivity contribution is 0.0729. The number of benzene rings is 1. The van der Waals surface area contributed by atoms with Crippen molar-refractivity contribution in [3.63, 3.8) is 0 Å². The molecule has 2 aliphatic heterocycles. The highest BCUT2D eigenvalue weighted by Gasteiger charge is 2.28. The van der Waals surface area contributed by atoms with Gasteiger partial charge in [0.2, 0.25) is 5.95 Å². The Kier molecular flexibility index (Phi) is 7.64. The Morgan fingerprint density at radius 2 is 2.03 bits per heavy atom. The van der Waals surface area contributed by atoms with Gasteiger partial charge in [0.1, 0.15) is 5.82 Å². The number of ether oxygens (including phenoxy) is 1. The van der Waals surface area contributed by atoms with E-state index in [9.17, 15) is 13.6 Å². The highest BCUT2D eigenvalue weighted by molar-refractivity contribution is 5.68. The van der Waals surface area contributed by atoms with E-state index in [0.29, 0.717) is 38.6 Å². The van der Waals surface area contributed by atoms with Crippen molar-refractivity contribution in [1.82, 2.24) is 20.2 Å². The number of nitrogens with zero attached hydrogens (tertiary/aromatic N) is 4. The number of hydrogen-bond donors (Lipinski definition) is 3. The van der Waals surface area contributed by atoms with Crippen LogP contribution in [0.3, 0.4) is 0 Å². The smallest absolute Gasteiger partial charge is 0.409 e. The van der Waals surface area contributed by atoms with Crippen LogP contribution in [0, 0.1) is 0 Å². The van der Waals surface area contributed by atoms with Crippen LogP contribution in [0.2, 0.25) is 0 Å². The van der Waals surface area contributed by atoms with Gasteiger partial charge in [0.05, 0.1) is 12.2 Å². The number of amides is 1. The first-order chi connectivity index (χ1) is 17.6. The lowest BCUT2D eigenvalue weighted by Gasteiger charge is -2.30. The van der Waals surface area contributed by atoms with Crippen LogP contribution in [0.4, 0.5) is 36.7 Å². The zero-order valence-electron chi connectivity index (χ0n) is 20.3. The third-order valence-electron chi connectivity index (χ3n) is 6.79. The van der Waals surface area contributed by atoms with Gasteiger partial charge in [-0.25, -0.2) is 18.6 Å². The van der Waals surface area contributed by atoms with Crippen LogP contribution in [0.1, 0.15) is 49.2 Å². The average molecular weight is 502 g/mol. The van der Waals surface area contributed by atoms with Crippen LogP contribution in [0.25, 0.3) is 0 Å². The topological polar surface area (TPSA) is 94.6 Å². The van der Waals surface area contributed by atoms with Crippen molar-refractivity contribution >= 4 is 29.2 Å². The number of nitrogens with one attached hydrogen (secondary N) is 3. The Morgan fingerprint density at radius 1 is 1.19 bits per heavy atom. The second-order valence-electron chi connectivity index (χ2n) is 9.44. The van der Waals surface area contributed by atoms with E-state index in [2.05, 4.69) is 43.0 Å². The van der Waals surface area contributed by atoms with Crippen LogP contribution in [-0.4, -0.2) is 73.4 Å². The van der Waals surface area contributed by atoms with Gasteiger partial charge in [-0.3, -0.25) is 0 Å². The number of alkyl halides is 2. The molecule has 36 heavy (non-hydrogen) atoms. The summed E-state index contributed by atoms with van der Waals surface area (Å²) in [6.07, 6.45) is 1.83. The molecule has 9 nitrogen and oxygen atoms in total. The van der Waals surface area contributed by atoms with Crippen molar-refractivity contribution in [3.05, 3.63) is 35.5 Å². The Labute approximate surface area is 209 Å². The molecule has 1 aliphatic carbocycles. The van der Waals surface area contributed by atoms with Crippen LogP contribution in [-0.2, 0) is 4.74 Å². The monoisotopic (exact) mass is 501 g/mol. The Hall–Kier alpha value is -3.21. The SMILES string of the molecule is O=C1OCCCN1CCCNc1nc(Nc2ccc(N3CCNCC3)cc2C2CC2)ncc1C(F)F. The summed E-state index contributed by atoms with van der Waals surface area (Å²) in [6.45, 7) is 5.89. The molecule has 3 N–H and O–H groups in total. The molecule has 3 heterocycles. The summed E-state index contributed by atoms with van der Waals surface area (Å²) in [5.41, 5.74) is 3.10. The number of anilines is 4. The fourth-order valence-electron chi connectivity index (χ4n) is 4.67. The van der Waals surface area contributed by atoms with Gasteiger partial charge in [-0.15, -0.1) is 0 Å². The first kappa shape index (κ1) is 24.5. The van der Waals surface area contributed by atoms with Crippen LogP contribution in [0.15, 0.2) is 24.4 Å². The summed E-state index contributed by atoms with van der Waals surface area (Å²) in [4.78, 5) is 24.3. The molecule has 0 bridgehead atoms. The molecule has 0 radical (unpaired) electrons. The van der Waals surface area contributed by atoms with Gasteiger partial charge >= 0.3 is 6.09 Å². The van der Waals surface area contributed by atoms with E-state index in [1.165, 1.54) is 17.4 Å². The van der Waals surface area contributed by atoms with E-state index in [4.69, 9.17) is 4.74 Å². The molecule has 0 spiro atoms. The standard InChI is InChI=1S/C25H33F2N7O2/c26-22(27)20-16-30-24(32-23(20)29-7-1-10-34-11-2-14-36-25(34)35)31-21-6-5-18(15-19(21)17-3-4-17)33-12-8-28-9-13-33/h5-6,15-17,22,28H,1-4,7-14H2,(H2,29,30,31,32). The predicted octanol–water partition coefficient (Wildman–Crippen LogP) is 4.09. The number of hydrogen-bond acceptors (Lipinski definition) is 8. The molecule has 1 amide bonds. The second kappa shape index (κ2) is 11.2. The van der Waals surface area contributed by atoms with E-state index >= 15 is 0 Å². The fraction of sp³-hybridized carbons (Fsp3) is 0.560. The molecule has 1 aromatic carbocycles.